The molecule has 0 atom stereocenters. The monoisotopic (exact) mass is 323 g/mol. The number of sulfonamides is 2. The largest absolute Gasteiger partial charge is 0.273 e. The molecule has 0 aromatic heterocycles. The first-order valence-electron chi connectivity index (χ1n) is 5.31. The maximum atomic E-state index is 11.7. The van der Waals surface area contributed by atoms with E-state index in [0.29, 0.717) is 0 Å². The van der Waals surface area contributed by atoms with Gasteiger partial charge in [0.2, 0.25) is 20.0 Å². The second kappa shape index (κ2) is 6.26. The molecule has 0 saturated heterocycles. The molecule has 20 heavy (non-hydrogen) atoms. The van der Waals surface area contributed by atoms with E-state index in [1.54, 1.807) is 0 Å². The van der Waals surface area contributed by atoms with Crippen LogP contribution in [0, 0.1) is 10.1 Å². The molecule has 0 amide bonds. The van der Waals surface area contributed by atoms with Gasteiger partial charge in [0.1, 0.15) is 0 Å². The zero-order chi connectivity index (χ0) is 15.4. The van der Waals surface area contributed by atoms with Crippen LogP contribution < -0.4 is 9.86 Å². The van der Waals surface area contributed by atoms with Crippen molar-refractivity contribution in [1.82, 2.24) is 4.72 Å². The van der Waals surface area contributed by atoms with Gasteiger partial charge in [-0.2, -0.15) is 0 Å². The van der Waals surface area contributed by atoms with Crippen LogP contribution in [0.15, 0.2) is 24.3 Å². The lowest BCUT2D eigenvalue weighted by Crippen LogP contribution is -2.32. The van der Waals surface area contributed by atoms with Crippen molar-refractivity contribution in [3.05, 3.63) is 39.9 Å². The predicted octanol–water partition coefficient (Wildman–Crippen LogP) is -0.697. The quantitative estimate of drug-likeness (QED) is 0.500. The summed E-state index contributed by atoms with van der Waals surface area (Å²) in [5, 5.41) is 15.5. The molecule has 0 heterocycles. The van der Waals surface area contributed by atoms with Gasteiger partial charge in [0.15, 0.2) is 0 Å². The van der Waals surface area contributed by atoms with Gasteiger partial charge in [-0.25, -0.2) is 26.7 Å². The van der Waals surface area contributed by atoms with Crippen LogP contribution in [-0.4, -0.2) is 34.1 Å². The first kappa shape index (κ1) is 16.5. The minimum absolute atomic E-state index is 0.0144. The summed E-state index contributed by atoms with van der Waals surface area (Å²) in [6.07, 6.45) is 0. The summed E-state index contributed by atoms with van der Waals surface area (Å²) in [6, 6.07) is 5.40. The number of hydrogen-bond donors (Lipinski definition) is 2. The van der Waals surface area contributed by atoms with E-state index in [-0.39, 0.29) is 17.8 Å². The van der Waals surface area contributed by atoms with Crippen molar-refractivity contribution >= 4 is 25.7 Å². The summed E-state index contributed by atoms with van der Waals surface area (Å²) < 4.78 is 46.7. The van der Waals surface area contributed by atoms with Gasteiger partial charge in [-0.1, -0.05) is 18.2 Å². The molecule has 0 spiro atoms. The van der Waals surface area contributed by atoms with Gasteiger partial charge in [0.25, 0.3) is 5.69 Å². The molecular formula is C9H13N3O6S2. The molecule has 1 rings (SSSR count). The molecule has 3 N–H and O–H groups in total. The molecule has 1 aromatic carbocycles. The van der Waals surface area contributed by atoms with E-state index < -0.39 is 36.5 Å². The van der Waals surface area contributed by atoms with Gasteiger partial charge in [-0.15, -0.1) is 0 Å². The second-order valence-corrected chi connectivity index (χ2v) is 7.45. The normalized spacial score (nSPS) is 12.2. The molecule has 0 unspecified atom stereocenters. The molecule has 0 saturated carbocycles. The van der Waals surface area contributed by atoms with E-state index in [9.17, 15) is 26.9 Å². The van der Waals surface area contributed by atoms with Gasteiger partial charge in [-0.3, -0.25) is 10.1 Å². The lowest BCUT2D eigenvalue weighted by atomic mass is 10.2. The standard InChI is InChI=1S/C9H13N3O6S2/c10-19(15,16)6-5-11-20(17,18)7-8-3-1-2-4-9(8)12(13)14/h1-4,11H,5-7H2,(H2,10,15,16). The summed E-state index contributed by atoms with van der Waals surface area (Å²) in [7, 11) is -7.66. The fraction of sp³-hybridized carbons (Fsp3) is 0.333. The molecule has 0 fully saturated rings. The molecular weight excluding hydrogens is 310 g/mol. The van der Waals surface area contributed by atoms with Gasteiger partial charge in [0.05, 0.1) is 16.4 Å². The Bertz CT molecular complexity index is 698. The highest BCUT2D eigenvalue weighted by molar-refractivity contribution is 7.89. The summed E-state index contributed by atoms with van der Waals surface area (Å²) in [5.41, 5.74) is -0.301. The zero-order valence-corrected chi connectivity index (χ0v) is 11.9. The van der Waals surface area contributed by atoms with Crippen LogP contribution in [0.3, 0.4) is 0 Å². The topological polar surface area (TPSA) is 149 Å². The first-order valence-corrected chi connectivity index (χ1v) is 8.67. The number of hydrogen-bond acceptors (Lipinski definition) is 6. The summed E-state index contributed by atoms with van der Waals surface area (Å²) in [6.45, 7) is -0.387. The molecule has 112 valence electrons. The van der Waals surface area contributed by atoms with Crippen LogP contribution >= 0.6 is 0 Å². The van der Waals surface area contributed by atoms with Crippen LogP contribution in [0.2, 0.25) is 0 Å². The lowest BCUT2D eigenvalue weighted by Gasteiger charge is -2.06. The Kier molecular flexibility index (Phi) is 5.16. The Hall–Kier alpha value is -1.56. The number of nitro groups is 1. The van der Waals surface area contributed by atoms with Gasteiger partial charge >= 0.3 is 0 Å². The number of nitro benzene ring substituents is 1. The first-order chi connectivity index (χ1) is 9.11. The number of nitrogens with two attached hydrogens (primary N) is 1. The van der Waals surface area contributed by atoms with Crippen LogP contribution in [0.5, 0.6) is 0 Å². The summed E-state index contributed by atoms with van der Waals surface area (Å²) in [5.74, 6) is -1.17. The maximum absolute atomic E-state index is 11.7. The van der Waals surface area contributed by atoms with E-state index in [4.69, 9.17) is 5.14 Å². The van der Waals surface area contributed by atoms with E-state index in [2.05, 4.69) is 0 Å². The second-order valence-electron chi connectivity index (χ2n) is 3.91. The smallest absolute Gasteiger partial charge is 0.258 e. The highest BCUT2D eigenvalue weighted by Gasteiger charge is 2.19. The fourth-order valence-corrected chi connectivity index (χ4v) is 3.09. The number of para-hydroxylation sites is 1. The van der Waals surface area contributed by atoms with Crippen molar-refractivity contribution in [2.75, 3.05) is 12.3 Å². The maximum Gasteiger partial charge on any atom is 0.273 e. The molecule has 9 nitrogen and oxygen atoms in total. The highest BCUT2D eigenvalue weighted by Crippen LogP contribution is 2.19. The molecule has 0 aliphatic heterocycles. The van der Waals surface area contributed by atoms with Crippen molar-refractivity contribution in [3.63, 3.8) is 0 Å². The van der Waals surface area contributed by atoms with Gasteiger partial charge in [-0.05, 0) is 0 Å². The Morgan fingerprint density at radius 2 is 1.80 bits per heavy atom. The van der Waals surface area contributed by atoms with Crippen LogP contribution in [0.25, 0.3) is 0 Å². The number of rotatable bonds is 7. The Labute approximate surface area is 116 Å². The summed E-state index contributed by atoms with van der Waals surface area (Å²) in [4.78, 5) is 10.1. The number of primary sulfonamides is 1. The lowest BCUT2D eigenvalue weighted by molar-refractivity contribution is -0.385. The Morgan fingerprint density at radius 3 is 2.35 bits per heavy atom. The molecule has 11 heteroatoms. The van der Waals surface area contributed by atoms with Crippen LogP contribution in [-0.2, 0) is 25.8 Å². The molecule has 0 aliphatic rings. The average molecular weight is 323 g/mol. The highest BCUT2D eigenvalue weighted by atomic mass is 32.2. The van der Waals surface area contributed by atoms with Gasteiger partial charge < -0.3 is 0 Å². The Morgan fingerprint density at radius 1 is 1.20 bits per heavy atom. The molecule has 0 aliphatic carbocycles. The minimum Gasteiger partial charge on any atom is -0.258 e. The van der Waals surface area contributed by atoms with Crippen LogP contribution in [0.4, 0.5) is 5.69 Å². The van der Waals surface area contributed by atoms with Crippen molar-refractivity contribution in [2.24, 2.45) is 5.14 Å². The third-order valence-electron chi connectivity index (χ3n) is 2.24. The fourth-order valence-electron chi connectivity index (χ4n) is 1.41. The third-order valence-corrected chi connectivity index (χ3v) is 4.35. The average Bonchev–Trinajstić information content (AvgIpc) is 2.26. The van der Waals surface area contributed by atoms with E-state index in [1.165, 1.54) is 24.3 Å². The van der Waals surface area contributed by atoms with E-state index in [1.807, 2.05) is 4.72 Å². The molecule has 1 aromatic rings. The SMILES string of the molecule is NS(=O)(=O)CCNS(=O)(=O)Cc1ccccc1[N+](=O)[O-]. The number of nitrogens with one attached hydrogen (secondary N) is 1. The van der Waals surface area contributed by atoms with Crippen molar-refractivity contribution in [2.45, 2.75) is 5.75 Å². The Balaban J connectivity index is 2.79. The number of nitrogens with zero attached hydrogens (tertiary/aromatic N) is 1. The minimum atomic E-state index is -3.89. The van der Waals surface area contributed by atoms with Crippen molar-refractivity contribution < 1.29 is 21.8 Å². The van der Waals surface area contributed by atoms with Crippen molar-refractivity contribution in [3.8, 4) is 0 Å². The predicted molar refractivity (Wildman–Crippen MR) is 71.7 cm³/mol. The van der Waals surface area contributed by atoms with Gasteiger partial charge in [0, 0.05) is 18.2 Å². The van der Waals surface area contributed by atoms with E-state index in [0.717, 1.165) is 0 Å². The van der Waals surface area contributed by atoms with Crippen LogP contribution in [0.1, 0.15) is 5.56 Å². The van der Waals surface area contributed by atoms with E-state index >= 15 is 0 Å². The number of benzene rings is 1. The van der Waals surface area contributed by atoms with Crippen molar-refractivity contribution in [1.29, 1.82) is 0 Å². The zero-order valence-electron chi connectivity index (χ0n) is 10.2. The third kappa shape index (κ3) is 5.61. The summed E-state index contributed by atoms with van der Waals surface area (Å²) >= 11 is 0. The molecule has 0 radical (unpaired) electrons. The molecule has 0 bridgehead atoms.